The molecule has 0 radical (unpaired) electrons. The predicted octanol–water partition coefficient (Wildman–Crippen LogP) is 3.60. The Hall–Kier alpha value is -1.32. The molecule has 0 fully saturated rings. The number of methoxy groups -OCH3 is 1. The van der Waals surface area contributed by atoms with Crippen LogP contribution in [0.5, 0.6) is 5.75 Å². The van der Waals surface area contributed by atoms with Gasteiger partial charge in [-0.05, 0) is 35.7 Å². The van der Waals surface area contributed by atoms with E-state index < -0.39 is 6.10 Å². The lowest BCUT2D eigenvalue weighted by Crippen LogP contribution is -2.14. The van der Waals surface area contributed by atoms with Gasteiger partial charge in [0.2, 0.25) is 0 Å². The minimum Gasteiger partial charge on any atom is -0.496 e. The van der Waals surface area contributed by atoms with E-state index in [-0.39, 0.29) is 0 Å². The van der Waals surface area contributed by atoms with Crippen LogP contribution in [0.4, 0.5) is 0 Å². The first-order valence-electron chi connectivity index (χ1n) is 6.23. The van der Waals surface area contributed by atoms with Crippen molar-refractivity contribution >= 4 is 15.9 Å². The highest BCUT2D eigenvalue weighted by Crippen LogP contribution is 2.24. The van der Waals surface area contributed by atoms with Crippen LogP contribution in [0.1, 0.15) is 11.1 Å². The number of hydrogen-bond donors (Lipinski definition) is 1. The Morgan fingerprint density at radius 2 is 1.84 bits per heavy atom. The van der Waals surface area contributed by atoms with Crippen molar-refractivity contribution in [2.75, 3.05) is 7.11 Å². The molecule has 2 rings (SSSR count). The molecule has 0 heterocycles. The van der Waals surface area contributed by atoms with Crippen LogP contribution in [0.2, 0.25) is 0 Å². The van der Waals surface area contributed by atoms with Gasteiger partial charge in [0.25, 0.3) is 0 Å². The third-order valence-corrected chi connectivity index (χ3v) is 3.51. The molecule has 1 atom stereocenters. The fourth-order valence-electron chi connectivity index (χ4n) is 2.12. The highest BCUT2D eigenvalue weighted by atomic mass is 79.9. The molecule has 0 saturated heterocycles. The van der Waals surface area contributed by atoms with Gasteiger partial charge in [0.05, 0.1) is 13.2 Å². The Kier molecular flexibility index (Phi) is 5.00. The van der Waals surface area contributed by atoms with E-state index in [1.807, 2.05) is 48.5 Å². The molecule has 0 amide bonds. The predicted molar refractivity (Wildman–Crippen MR) is 80.6 cm³/mol. The van der Waals surface area contributed by atoms with Gasteiger partial charge < -0.3 is 9.84 Å². The lowest BCUT2D eigenvalue weighted by molar-refractivity contribution is 0.174. The maximum absolute atomic E-state index is 10.2. The van der Waals surface area contributed by atoms with Crippen molar-refractivity contribution in [2.24, 2.45) is 0 Å². The summed E-state index contributed by atoms with van der Waals surface area (Å²) in [7, 11) is 1.65. The fourth-order valence-corrected chi connectivity index (χ4v) is 2.53. The minimum absolute atomic E-state index is 0.411. The summed E-state index contributed by atoms with van der Waals surface area (Å²) >= 11 is 3.45. The van der Waals surface area contributed by atoms with Crippen molar-refractivity contribution in [3.8, 4) is 5.75 Å². The summed E-state index contributed by atoms with van der Waals surface area (Å²) < 4.78 is 6.32. The number of ether oxygens (including phenoxy) is 1. The molecule has 3 heteroatoms. The number of benzene rings is 2. The molecule has 0 aliphatic heterocycles. The SMILES string of the molecule is COc1ccc(Br)cc1CC(O)Cc1ccccc1. The van der Waals surface area contributed by atoms with Gasteiger partial charge in [-0.2, -0.15) is 0 Å². The highest BCUT2D eigenvalue weighted by molar-refractivity contribution is 9.10. The maximum atomic E-state index is 10.2. The number of aliphatic hydroxyl groups excluding tert-OH is 1. The van der Waals surface area contributed by atoms with Gasteiger partial charge in [0.1, 0.15) is 5.75 Å². The zero-order chi connectivity index (χ0) is 13.7. The monoisotopic (exact) mass is 320 g/mol. The van der Waals surface area contributed by atoms with Crippen LogP contribution in [0.15, 0.2) is 53.0 Å². The molecular formula is C16H17BrO2. The Morgan fingerprint density at radius 3 is 2.53 bits per heavy atom. The molecule has 0 spiro atoms. The van der Waals surface area contributed by atoms with E-state index in [4.69, 9.17) is 4.74 Å². The molecule has 19 heavy (non-hydrogen) atoms. The molecule has 0 saturated carbocycles. The fraction of sp³-hybridized carbons (Fsp3) is 0.250. The van der Waals surface area contributed by atoms with E-state index in [9.17, 15) is 5.11 Å². The van der Waals surface area contributed by atoms with E-state index in [2.05, 4.69) is 15.9 Å². The molecule has 2 aromatic rings. The van der Waals surface area contributed by atoms with Crippen LogP contribution in [-0.2, 0) is 12.8 Å². The van der Waals surface area contributed by atoms with Crippen molar-refractivity contribution in [2.45, 2.75) is 18.9 Å². The summed E-state index contributed by atoms with van der Waals surface area (Å²) in [6.07, 6.45) is 0.819. The first-order chi connectivity index (χ1) is 9.19. The molecule has 0 aromatic heterocycles. The molecule has 1 unspecified atom stereocenters. The summed E-state index contributed by atoms with van der Waals surface area (Å²) in [6.45, 7) is 0. The largest absolute Gasteiger partial charge is 0.496 e. The van der Waals surface area contributed by atoms with Crippen molar-refractivity contribution in [3.63, 3.8) is 0 Å². The van der Waals surface area contributed by atoms with Crippen LogP contribution < -0.4 is 4.74 Å². The van der Waals surface area contributed by atoms with Crippen LogP contribution in [-0.4, -0.2) is 18.3 Å². The summed E-state index contributed by atoms with van der Waals surface area (Å²) in [5.74, 6) is 0.815. The molecule has 0 bridgehead atoms. The normalized spacial score (nSPS) is 12.2. The van der Waals surface area contributed by atoms with Crippen molar-refractivity contribution in [1.82, 2.24) is 0 Å². The molecular weight excluding hydrogens is 304 g/mol. The van der Waals surface area contributed by atoms with Gasteiger partial charge in [0.15, 0.2) is 0 Å². The van der Waals surface area contributed by atoms with E-state index in [0.29, 0.717) is 12.8 Å². The summed E-state index contributed by atoms with van der Waals surface area (Å²) in [4.78, 5) is 0. The second-order valence-corrected chi connectivity index (χ2v) is 5.42. The zero-order valence-corrected chi connectivity index (χ0v) is 12.4. The Morgan fingerprint density at radius 1 is 1.11 bits per heavy atom. The Bertz CT molecular complexity index is 526. The number of aliphatic hydroxyl groups is 1. The maximum Gasteiger partial charge on any atom is 0.122 e. The van der Waals surface area contributed by atoms with Crippen molar-refractivity contribution in [3.05, 3.63) is 64.1 Å². The number of hydrogen-bond acceptors (Lipinski definition) is 2. The molecule has 0 aliphatic carbocycles. The van der Waals surface area contributed by atoms with E-state index in [1.165, 1.54) is 0 Å². The molecule has 1 N–H and O–H groups in total. The topological polar surface area (TPSA) is 29.5 Å². The van der Waals surface area contributed by atoms with Crippen molar-refractivity contribution in [1.29, 1.82) is 0 Å². The molecule has 0 aliphatic rings. The third kappa shape index (κ3) is 4.08. The number of rotatable bonds is 5. The van der Waals surface area contributed by atoms with Crippen LogP contribution >= 0.6 is 15.9 Å². The second-order valence-electron chi connectivity index (χ2n) is 4.50. The average molecular weight is 321 g/mol. The highest BCUT2D eigenvalue weighted by Gasteiger charge is 2.11. The molecule has 2 nitrogen and oxygen atoms in total. The first kappa shape index (κ1) is 14.1. The van der Waals surface area contributed by atoms with Crippen molar-refractivity contribution < 1.29 is 9.84 Å². The minimum atomic E-state index is -0.411. The van der Waals surface area contributed by atoms with Crippen LogP contribution in [0, 0.1) is 0 Å². The van der Waals surface area contributed by atoms with Gasteiger partial charge in [-0.3, -0.25) is 0 Å². The summed E-state index contributed by atoms with van der Waals surface area (Å²) in [6, 6.07) is 15.9. The van der Waals surface area contributed by atoms with Gasteiger partial charge in [-0.1, -0.05) is 46.3 Å². The smallest absolute Gasteiger partial charge is 0.122 e. The lowest BCUT2D eigenvalue weighted by atomic mass is 10.0. The lowest BCUT2D eigenvalue weighted by Gasteiger charge is -2.14. The van der Waals surface area contributed by atoms with Gasteiger partial charge in [-0.15, -0.1) is 0 Å². The average Bonchev–Trinajstić information content (AvgIpc) is 2.40. The standard InChI is InChI=1S/C16H17BrO2/c1-19-16-8-7-14(17)10-13(16)11-15(18)9-12-5-3-2-4-6-12/h2-8,10,15,18H,9,11H2,1H3. The van der Waals surface area contributed by atoms with Crippen LogP contribution in [0.25, 0.3) is 0 Å². The zero-order valence-electron chi connectivity index (χ0n) is 10.8. The third-order valence-electron chi connectivity index (χ3n) is 3.01. The number of halogens is 1. The van der Waals surface area contributed by atoms with E-state index in [1.54, 1.807) is 7.11 Å². The summed E-state index contributed by atoms with van der Waals surface area (Å²) in [5.41, 5.74) is 2.16. The quantitative estimate of drug-likeness (QED) is 0.912. The summed E-state index contributed by atoms with van der Waals surface area (Å²) in [5, 5.41) is 10.2. The van der Waals surface area contributed by atoms with E-state index >= 15 is 0 Å². The van der Waals surface area contributed by atoms with Gasteiger partial charge in [0, 0.05) is 10.9 Å². The van der Waals surface area contributed by atoms with Gasteiger partial charge in [-0.25, -0.2) is 0 Å². The van der Waals surface area contributed by atoms with Gasteiger partial charge >= 0.3 is 0 Å². The first-order valence-corrected chi connectivity index (χ1v) is 7.02. The molecule has 100 valence electrons. The Labute approximate surface area is 122 Å². The second kappa shape index (κ2) is 6.73. The molecule has 2 aromatic carbocycles. The van der Waals surface area contributed by atoms with E-state index in [0.717, 1.165) is 21.3 Å². The Balaban J connectivity index is 2.06. The van der Waals surface area contributed by atoms with Crippen LogP contribution in [0.3, 0.4) is 0 Å².